The van der Waals surface area contributed by atoms with E-state index >= 15 is 0 Å². The molecule has 0 radical (unpaired) electrons. The third-order valence-electron chi connectivity index (χ3n) is 2.81. The van der Waals surface area contributed by atoms with Gasteiger partial charge in [0.25, 0.3) is 0 Å². The molecule has 0 aromatic carbocycles. The van der Waals surface area contributed by atoms with Gasteiger partial charge in [-0.25, -0.2) is 0 Å². The molecule has 1 aliphatic rings. The molecule has 11 heavy (non-hydrogen) atoms. The Balaban J connectivity index is 2.39. The molecule has 66 valence electrons. The molecule has 0 bridgehead atoms. The van der Waals surface area contributed by atoms with E-state index in [1.165, 1.54) is 25.9 Å². The number of piperidine rings is 1. The van der Waals surface area contributed by atoms with E-state index in [0.717, 1.165) is 5.92 Å². The highest BCUT2D eigenvalue weighted by Crippen LogP contribution is 2.33. The maximum atomic E-state index is 3.95. The number of nitrogens with zero attached hydrogens (tertiary/aromatic N) is 1. The summed E-state index contributed by atoms with van der Waals surface area (Å²) in [5, 5.41) is 0. The van der Waals surface area contributed by atoms with Gasteiger partial charge in [-0.1, -0.05) is 20.8 Å². The first kappa shape index (κ1) is 9.05. The summed E-state index contributed by atoms with van der Waals surface area (Å²) in [4.78, 5) is 2.18. The zero-order valence-corrected chi connectivity index (χ0v) is 8.06. The Morgan fingerprint density at radius 3 is 2.00 bits per heavy atom. The monoisotopic (exact) mass is 154 g/mol. The smallest absolute Gasteiger partial charge is 0.0301 e. The predicted octanol–water partition coefficient (Wildman–Crippen LogP) is 2.54. The highest BCUT2D eigenvalue weighted by Gasteiger charge is 2.25. The van der Waals surface area contributed by atoms with E-state index < -0.39 is 0 Å². The van der Waals surface area contributed by atoms with Crippen molar-refractivity contribution in [1.82, 2.24) is 4.90 Å². The molecule has 1 heteroatoms. The van der Waals surface area contributed by atoms with Crippen LogP contribution in [0.5, 0.6) is 0 Å². The maximum absolute atomic E-state index is 3.95. The molecular weight excluding hydrogens is 134 g/mol. The number of hydrogen-bond acceptors (Lipinski definition) is 1. The second kappa shape index (κ2) is 3.14. The van der Waals surface area contributed by atoms with Gasteiger partial charge in [-0.3, -0.25) is 7.05 Å². The Kier molecular flexibility index (Phi) is 2.58. The summed E-state index contributed by atoms with van der Waals surface area (Å²) in [6, 6.07) is 0. The molecule has 1 aliphatic heterocycles. The van der Waals surface area contributed by atoms with E-state index in [1.54, 1.807) is 0 Å². The van der Waals surface area contributed by atoms with Crippen molar-refractivity contribution in [1.29, 1.82) is 0 Å². The van der Waals surface area contributed by atoms with Gasteiger partial charge in [-0.05, 0) is 37.3 Å². The quantitative estimate of drug-likeness (QED) is 0.485. The Hall–Kier alpha value is -0.0400. The SMILES string of the molecule is [CH2-]N1CCC(C(C)(C)C)CC1. The predicted molar refractivity (Wildman–Crippen MR) is 49.1 cm³/mol. The van der Waals surface area contributed by atoms with Crippen LogP contribution in [0.3, 0.4) is 0 Å². The molecule has 0 atom stereocenters. The van der Waals surface area contributed by atoms with Gasteiger partial charge in [0.1, 0.15) is 0 Å². The average Bonchev–Trinajstić information content (AvgIpc) is 1.86. The fourth-order valence-corrected chi connectivity index (χ4v) is 1.80. The summed E-state index contributed by atoms with van der Waals surface area (Å²) in [7, 11) is 3.95. The molecule has 1 saturated heterocycles. The highest BCUT2D eigenvalue weighted by atomic mass is 15.1. The third-order valence-corrected chi connectivity index (χ3v) is 2.81. The van der Waals surface area contributed by atoms with E-state index in [4.69, 9.17) is 0 Å². The summed E-state index contributed by atoms with van der Waals surface area (Å²) in [6.45, 7) is 9.40. The van der Waals surface area contributed by atoms with Crippen molar-refractivity contribution in [3.63, 3.8) is 0 Å². The van der Waals surface area contributed by atoms with Crippen molar-refractivity contribution in [3.05, 3.63) is 7.05 Å². The van der Waals surface area contributed by atoms with Gasteiger partial charge < -0.3 is 4.90 Å². The standard InChI is InChI=1S/C10H20N/c1-10(2,3)9-5-7-11(4)8-6-9/h9H,4-8H2,1-3H3/q-1. The molecular formula is C10H20N-. The fourth-order valence-electron chi connectivity index (χ4n) is 1.80. The molecule has 0 aromatic heterocycles. The summed E-state index contributed by atoms with van der Waals surface area (Å²) < 4.78 is 0. The van der Waals surface area contributed by atoms with E-state index in [0.29, 0.717) is 5.41 Å². The Morgan fingerprint density at radius 2 is 1.64 bits per heavy atom. The van der Waals surface area contributed by atoms with Gasteiger partial charge in [-0.15, -0.1) is 0 Å². The number of rotatable bonds is 0. The van der Waals surface area contributed by atoms with Crippen molar-refractivity contribution in [2.75, 3.05) is 13.1 Å². The Bertz CT molecular complexity index is 115. The van der Waals surface area contributed by atoms with Crippen LogP contribution in [0.15, 0.2) is 0 Å². The van der Waals surface area contributed by atoms with Crippen molar-refractivity contribution in [2.24, 2.45) is 11.3 Å². The molecule has 0 aliphatic carbocycles. The van der Waals surface area contributed by atoms with Crippen LogP contribution in [0, 0.1) is 18.4 Å². The second-order valence-electron chi connectivity index (χ2n) is 4.76. The number of likely N-dealkylation sites (tertiary alicyclic amines) is 1. The lowest BCUT2D eigenvalue weighted by Crippen LogP contribution is -2.34. The van der Waals surface area contributed by atoms with Crippen LogP contribution in [0.1, 0.15) is 33.6 Å². The Morgan fingerprint density at radius 1 is 1.18 bits per heavy atom. The van der Waals surface area contributed by atoms with Gasteiger partial charge in [-0.2, -0.15) is 0 Å². The molecule has 0 N–H and O–H groups in total. The van der Waals surface area contributed by atoms with E-state index in [1.807, 2.05) is 0 Å². The van der Waals surface area contributed by atoms with Gasteiger partial charge in [0.15, 0.2) is 0 Å². The molecule has 1 heterocycles. The van der Waals surface area contributed by atoms with Crippen LogP contribution in [-0.4, -0.2) is 18.0 Å². The summed E-state index contributed by atoms with van der Waals surface area (Å²) >= 11 is 0. The molecule has 1 fully saturated rings. The molecule has 0 amide bonds. The lowest BCUT2D eigenvalue weighted by atomic mass is 9.75. The van der Waals surface area contributed by atoms with Crippen LogP contribution >= 0.6 is 0 Å². The lowest BCUT2D eigenvalue weighted by Gasteiger charge is -2.40. The molecule has 0 unspecified atom stereocenters. The van der Waals surface area contributed by atoms with Gasteiger partial charge >= 0.3 is 0 Å². The van der Waals surface area contributed by atoms with Crippen LogP contribution < -0.4 is 0 Å². The van der Waals surface area contributed by atoms with Crippen LogP contribution in [-0.2, 0) is 0 Å². The van der Waals surface area contributed by atoms with Gasteiger partial charge in [0.05, 0.1) is 0 Å². The van der Waals surface area contributed by atoms with E-state index in [9.17, 15) is 0 Å². The lowest BCUT2D eigenvalue weighted by molar-refractivity contribution is 0.138. The van der Waals surface area contributed by atoms with Crippen molar-refractivity contribution in [3.8, 4) is 0 Å². The first-order chi connectivity index (χ1) is 5.00. The van der Waals surface area contributed by atoms with Crippen molar-refractivity contribution >= 4 is 0 Å². The van der Waals surface area contributed by atoms with Crippen LogP contribution in [0.4, 0.5) is 0 Å². The molecule has 0 saturated carbocycles. The van der Waals surface area contributed by atoms with Crippen molar-refractivity contribution in [2.45, 2.75) is 33.6 Å². The highest BCUT2D eigenvalue weighted by molar-refractivity contribution is 4.80. The molecule has 1 nitrogen and oxygen atoms in total. The zero-order valence-electron chi connectivity index (χ0n) is 8.06. The Labute approximate surface area is 70.8 Å². The summed E-state index contributed by atoms with van der Waals surface area (Å²) in [6.07, 6.45) is 2.65. The minimum Gasteiger partial charge on any atom is -0.459 e. The van der Waals surface area contributed by atoms with Gasteiger partial charge in [0, 0.05) is 0 Å². The molecule has 1 rings (SSSR count). The average molecular weight is 154 g/mol. The second-order valence-corrected chi connectivity index (χ2v) is 4.76. The molecule has 0 aromatic rings. The minimum absolute atomic E-state index is 0.501. The van der Waals surface area contributed by atoms with Crippen LogP contribution in [0.25, 0.3) is 0 Å². The minimum atomic E-state index is 0.501. The fraction of sp³-hybridized carbons (Fsp3) is 0.900. The van der Waals surface area contributed by atoms with Crippen LogP contribution in [0.2, 0.25) is 0 Å². The van der Waals surface area contributed by atoms with Gasteiger partial charge in [0.2, 0.25) is 0 Å². The first-order valence-electron chi connectivity index (χ1n) is 4.55. The normalized spacial score (nSPS) is 24.0. The largest absolute Gasteiger partial charge is 0.459 e. The topological polar surface area (TPSA) is 3.24 Å². The summed E-state index contributed by atoms with van der Waals surface area (Å²) in [5.41, 5.74) is 0.501. The third kappa shape index (κ3) is 2.48. The number of hydrogen-bond donors (Lipinski definition) is 0. The summed E-state index contributed by atoms with van der Waals surface area (Å²) in [5.74, 6) is 0.903. The maximum Gasteiger partial charge on any atom is -0.0301 e. The first-order valence-corrected chi connectivity index (χ1v) is 4.55. The van der Waals surface area contributed by atoms with Crippen molar-refractivity contribution < 1.29 is 0 Å². The van der Waals surface area contributed by atoms with E-state index in [-0.39, 0.29) is 0 Å². The zero-order chi connectivity index (χ0) is 8.48. The van der Waals surface area contributed by atoms with E-state index in [2.05, 4.69) is 32.7 Å². The molecule has 0 spiro atoms.